The Balaban J connectivity index is 1.68. The molecule has 2 fully saturated rings. The van der Waals surface area contributed by atoms with Crippen molar-refractivity contribution >= 4 is 0 Å². The summed E-state index contributed by atoms with van der Waals surface area (Å²) in [5.74, 6) is 0. The van der Waals surface area contributed by atoms with Gasteiger partial charge in [0.25, 0.3) is 0 Å². The predicted molar refractivity (Wildman–Crippen MR) is 55.8 cm³/mol. The minimum absolute atomic E-state index is 0.616. The Morgan fingerprint density at radius 3 is 2.23 bits per heavy atom. The molecule has 1 saturated carbocycles. The fourth-order valence-corrected chi connectivity index (χ4v) is 2.71. The zero-order valence-electron chi connectivity index (χ0n) is 8.90. The van der Waals surface area contributed by atoms with Crippen LogP contribution < -0.4 is 10.6 Å². The average Bonchev–Trinajstić information content (AvgIpc) is 2.03. The number of hydrogen-bond acceptors (Lipinski definition) is 2. The normalized spacial score (nSPS) is 30.0. The van der Waals surface area contributed by atoms with Gasteiger partial charge in [-0.3, -0.25) is 0 Å². The van der Waals surface area contributed by atoms with Crippen molar-refractivity contribution in [2.45, 2.75) is 51.6 Å². The molecular weight excluding hydrogens is 160 g/mol. The van der Waals surface area contributed by atoms with Gasteiger partial charge in [0.15, 0.2) is 0 Å². The van der Waals surface area contributed by atoms with Gasteiger partial charge in [-0.25, -0.2) is 0 Å². The van der Waals surface area contributed by atoms with Crippen molar-refractivity contribution in [2.24, 2.45) is 5.41 Å². The molecule has 1 heterocycles. The Labute approximate surface area is 81.5 Å². The Morgan fingerprint density at radius 2 is 1.69 bits per heavy atom. The zero-order valence-corrected chi connectivity index (χ0v) is 8.90. The lowest BCUT2D eigenvalue weighted by Crippen LogP contribution is -2.52. The first-order valence-corrected chi connectivity index (χ1v) is 5.62. The first-order valence-electron chi connectivity index (χ1n) is 5.62. The van der Waals surface area contributed by atoms with Crippen molar-refractivity contribution in [3.05, 3.63) is 0 Å². The smallest absolute Gasteiger partial charge is 0.00938 e. The van der Waals surface area contributed by atoms with E-state index in [0.717, 1.165) is 12.1 Å². The molecule has 2 heteroatoms. The van der Waals surface area contributed by atoms with E-state index >= 15 is 0 Å². The van der Waals surface area contributed by atoms with E-state index in [0.29, 0.717) is 5.41 Å². The maximum Gasteiger partial charge on any atom is 0.00938 e. The lowest BCUT2D eigenvalue weighted by atomic mass is 9.68. The minimum atomic E-state index is 0.616. The Morgan fingerprint density at radius 1 is 1.08 bits per heavy atom. The van der Waals surface area contributed by atoms with Gasteiger partial charge in [-0.2, -0.15) is 0 Å². The molecule has 0 atom stereocenters. The van der Waals surface area contributed by atoms with Crippen molar-refractivity contribution in [1.82, 2.24) is 10.6 Å². The molecule has 1 saturated heterocycles. The van der Waals surface area contributed by atoms with E-state index in [1.165, 1.54) is 38.8 Å². The van der Waals surface area contributed by atoms with Crippen LogP contribution in [0, 0.1) is 5.41 Å². The summed E-state index contributed by atoms with van der Waals surface area (Å²) in [5.41, 5.74) is 0.616. The molecule has 76 valence electrons. The molecule has 0 bridgehead atoms. The van der Waals surface area contributed by atoms with Crippen LogP contribution in [0.3, 0.4) is 0 Å². The third kappa shape index (κ3) is 2.44. The monoisotopic (exact) mass is 182 g/mol. The summed E-state index contributed by atoms with van der Waals surface area (Å²) in [7, 11) is 0. The third-order valence-corrected chi connectivity index (χ3v) is 3.41. The molecule has 0 aromatic heterocycles. The van der Waals surface area contributed by atoms with Crippen LogP contribution in [-0.2, 0) is 0 Å². The number of nitrogens with one attached hydrogen (secondary N) is 2. The van der Waals surface area contributed by atoms with Gasteiger partial charge >= 0.3 is 0 Å². The Bertz CT molecular complexity index is 163. The fourth-order valence-electron chi connectivity index (χ4n) is 2.71. The molecule has 1 aliphatic carbocycles. The summed E-state index contributed by atoms with van der Waals surface area (Å²) in [4.78, 5) is 0. The van der Waals surface area contributed by atoms with Crippen LogP contribution in [0.1, 0.15) is 39.5 Å². The van der Waals surface area contributed by atoms with Crippen LogP contribution in [0.2, 0.25) is 0 Å². The molecule has 0 spiro atoms. The molecule has 2 nitrogen and oxygen atoms in total. The second-order valence-corrected chi connectivity index (χ2v) is 5.46. The lowest BCUT2D eigenvalue weighted by Gasteiger charge is -2.45. The first kappa shape index (κ1) is 9.47. The highest BCUT2D eigenvalue weighted by Gasteiger charge is 2.36. The van der Waals surface area contributed by atoms with Crippen LogP contribution >= 0.6 is 0 Å². The zero-order chi connectivity index (χ0) is 9.31. The molecule has 2 N–H and O–H groups in total. The van der Waals surface area contributed by atoms with Gasteiger partial charge < -0.3 is 10.6 Å². The Hall–Kier alpha value is -0.0800. The second-order valence-electron chi connectivity index (χ2n) is 5.46. The highest BCUT2D eigenvalue weighted by Crippen LogP contribution is 2.40. The molecule has 0 aromatic carbocycles. The fraction of sp³-hybridized carbons (Fsp3) is 1.00. The molecule has 1 aliphatic heterocycles. The lowest BCUT2D eigenvalue weighted by molar-refractivity contribution is 0.111. The van der Waals surface area contributed by atoms with Gasteiger partial charge in [0.2, 0.25) is 0 Å². The first-order chi connectivity index (χ1) is 6.16. The average molecular weight is 182 g/mol. The van der Waals surface area contributed by atoms with E-state index in [1.54, 1.807) is 0 Å². The largest absolute Gasteiger partial charge is 0.317 e. The van der Waals surface area contributed by atoms with Crippen molar-refractivity contribution < 1.29 is 0 Å². The van der Waals surface area contributed by atoms with Gasteiger partial charge in [0, 0.05) is 12.1 Å². The van der Waals surface area contributed by atoms with Crippen LogP contribution in [0.15, 0.2) is 0 Å². The summed E-state index contributed by atoms with van der Waals surface area (Å²) in [6.07, 6.45) is 5.38. The van der Waals surface area contributed by atoms with Crippen LogP contribution in [0.5, 0.6) is 0 Å². The molecule has 0 amide bonds. The van der Waals surface area contributed by atoms with Gasteiger partial charge in [0.05, 0.1) is 0 Å². The van der Waals surface area contributed by atoms with Crippen LogP contribution in [0.25, 0.3) is 0 Å². The molecule has 2 rings (SSSR count). The van der Waals surface area contributed by atoms with Crippen LogP contribution in [0.4, 0.5) is 0 Å². The van der Waals surface area contributed by atoms with Crippen molar-refractivity contribution in [2.75, 3.05) is 13.1 Å². The summed E-state index contributed by atoms with van der Waals surface area (Å²) in [6.45, 7) is 7.14. The Kier molecular flexibility index (Phi) is 2.61. The SMILES string of the molecule is CC1(C)CC(NC2CCNCC2)C1. The van der Waals surface area contributed by atoms with E-state index < -0.39 is 0 Å². The topological polar surface area (TPSA) is 24.1 Å². The van der Waals surface area contributed by atoms with E-state index in [4.69, 9.17) is 0 Å². The maximum absolute atomic E-state index is 3.77. The summed E-state index contributed by atoms with van der Waals surface area (Å²) in [6, 6.07) is 1.61. The van der Waals surface area contributed by atoms with Crippen molar-refractivity contribution in [1.29, 1.82) is 0 Å². The van der Waals surface area contributed by atoms with Crippen LogP contribution in [-0.4, -0.2) is 25.2 Å². The number of rotatable bonds is 2. The summed E-state index contributed by atoms with van der Waals surface area (Å²) >= 11 is 0. The molecule has 13 heavy (non-hydrogen) atoms. The van der Waals surface area contributed by atoms with Gasteiger partial charge in [-0.15, -0.1) is 0 Å². The van der Waals surface area contributed by atoms with Gasteiger partial charge in [0.1, 0.15) is 0 Å². The van der Waals surface area contributed by atoms with E-state index in [2.05, 4.69) is 24.5 Å². The van der Waals surface area contributed by atoms with Crippen molar-refractivity contribution in [3.8, 4) is 0 Å². The minimum Gasteiger partial charge on any atom is -0.317 e. The predicted octanol–water partition coefficient (Wildman–Crippen LogP) is 1.52. The molecule has 2 aliphatic rings. The second kappa shape index (κ2) is 3.58. The number of hydrogen-bond donors (Lipinski definition) is 2. The quantitative estimate of drug-likeness (QED) is 0.676. The molecule has 0 radical (unpaired) electrons. The molecule has 0 unspecified atom stereocenters. The molecular formula is C11H22N2. The summed E-state index contributed by atoms with van der Waals surface area (Å²) in [5, 5.41) is 7.17. The van der Waals surface area contributed by atoms with E-state index in [9.17, 15) is 0 Å². The number of piperidine rings is 1. The van der Waals surface area contributed by atoms with Crippen molar-refractivity contribution in [3.63, 3.8) is 0 Å². The molecule has 0 aromatic rings. The van der Waals surface area contributed by atoms with E-state index in [-0.39, 0.29) is 0 Å². The third-order valence-electron chi connectivity index (χ3n) is 3.41. The maximum atomic E-state index is 3.77. The summed E-state index contributed by atoms with van der Waals surface area (Å²) < 4.78 is 0. The highest BCUT2D eigenvalue weighted by molar-refractivity contribution is 4.93. The standard InChI is InChI=1S/C11H22N2/c1-11(2)7-10(8-11)13-9-3-5-12-6-4-9/h9-10,12-13H,3-8H2,1-2H3. The van der Waals surface area contributed by atoms with Gasteiger partial charge in [-0.1, -0.05) is 13.8 Å². The highest BCUT2D eigenvalue weighted by atomic mass is 15.0. The van der Waals surface area contributed by atoms with Gasteiger partial charge in [-0.05, 0) is 44.2 Å². The van der Waals surface area contributed by atoms with E-state index in [1.807, 2.05) is 0 Å².